The lowest BCUT2D eigenvalue weighted by Crippen LogP contribution is -1.99. The van der Waals surface area contributed by atoms with Gasteiger partial charge in [0.1, 0.15) is 0 Å². The van der Waals surface area contributed by atoms with Gasteiger partial charge in [-0.2, -0.15) is 25.3 Å². The van der Waals surface area contributed by atoms with Crippen LogP contribution < -0.4 is 0 Å². The molecule has 1 N–H and O–H groups in total. The molecule has 0 saturated carbocycles. The zero-order chi connectivity index (χ0) is 9.28. The minimum Gasteiger partial charge on any atom is -0.481 e. The molecule has 0 fully saturated rings. The van der Waals surface area contributed by atoms with Crippen molar-refractivity contribution in [2.75, 3.05) is 18.6 Å². The summed E-state index contributed by atoms with van der Waals surface area (Å²) in [6, 6.07) is 0. The first-order chi connectivity index (χ1) is 5.08. The summed E-state index contributed by atoms with van der Waals surface area (Å²) in [4.78, 5) is 19.2. The summed E-state index contributed by atoms with van der Waals surface area (Å²) in [5, 5.41) is 7.65. The molecule has 0 atom stereocenters. The second-order valence-electron chi connectivity index (χ2n) is 1.29. The Labute approximate surface area is 75.7 Å². The van der Waals surface area contributed by atoms with Crippen LogP contribution in [0.4, 0.5) is 0 Å². The number of hydrogen-bond donors (Lipinski definition) is 3. The summed E-state index contributed by atoms with van der Waals surface area (Å²) in [7, 11) is 1.33. The fraction of sp³-hybridized carbons (Fsp3) is 0.600. The third-order valence-corrected chi connectivity index (χ3v) is 1.02. The molecule has 0 amide bonds. The van der Waals surface area contributed by atoms with E-state index in [0.29, 0.717) is 0 Å². The van der Waals surface area contributed by atoms with Crippen LogP contribution in [0.5, 0.6) is 0 Å². The summed E-state index contributed by atoms with van der Waals surface area (Å²) in [5.41, 5.74) is 0. The Morgan fingerprint density at radius 2 is 1.73 bits per heavy atom. The summed E-state index contributed by atoms with van der Waals surface area (Å²) in [5.74, 6) is -1.09. The Kier molecular flexibility index (Phi) is 11.6. The zero-order valence-corrected chi connectivity index (χ0v) is 7.77. The SMILES string of the molecule is COC(=O)CS.O=C(O)CS. The summed E-state index contributed by atoms with van der Waals surface area (Å²) < 4.78 is 4.18. The minimum absolute atomic E-state index is 0.0833. The van der Waals surface area contributed by atoms with Crippen LogP contribution in [0.2, 0.25) is 0 Å². The van der Waals surface area contributed by atoms with Crippen LogP contribution in [-0.4, -0.2) is 35.7 Å². The molecule has 0 saturated heterocycles. The van der Waals surface area contributed by atoms with Gasteiger partial charge in [-0.15, -0.1) is 0 Å². The minimum atomic E-state index is -0.881. The van der Waals surface area contributed by atoms with E-state index >= 15 is 0 Å². The molecule has 0 heterocycles. The van der Waals surface area contributed by atoms with E-state index < -0.39 is 5.97 Å². The molecule has 0 rings (SSSR count). The van der Waals surface area contributed by atoms with Crippen LogP contribution in [-0.2, 0) is 14.3 Å². The predicted octanol–water partition coefficient (Wildman–Crippen LogP) is 0.0900. The highest BCUT2D eigenvalue weighted by atomic mass is 32.1. The summed E-state index contributed by atoms with van der Waals surface area (Å²) >= 11 is 7.04. The van der Waals surface area contributed by atoms with Crippen molar-refractivity contribution in [3.8, 4) is 0 Å². The molecule has 11 heavy (non-hydrogen) atoms. The van der Waals surface area contributed by atoms with Crippen molar-refractivity contribution in [1.82, 2.24) is 0 Å². The Hall–Kier alpha value is -0.360. The number of rotatable bonds is 2. The second-order valence-corrected chi connectivity index (χ2v) is 1.92. The molecule has 0 radical (unpaired) electrons. The van der Waals surface area contributed by atoms with E-state index in [4.69, 9.17) is 5.11 Å². The maximum atomic E-state index is 9.88. The van der Waals surface area contributed by atoms with Crippen molar-refractivity contribution >= 4 is 37.2 Å². The highest BCUT2D eigenvalue weighted by Gasteiger charge is 1.88. The molecule has 0 aromatic rings. The number of thiol groups is 2. The maximum Gasteiger partial charge on any atom is 0.315 e. The van der Waals surface area contributed by atoms with Crippen LogP contribution in [0.25, 0.3) is 0 Å². The van der Waals surface area contributed by atoms with E-state index in [1.165, 1.54) is 7.11 Å². The van der Waals surface area contributed by atoms with Gasteiger partial charge in [0.25, 0.3) is 0 Å². The van der Waals surface area contributed by atoms with Crippen molar-refractivity contribution in [2.24, 2.45) is 0 Å². The number of esters is 1. The monoisotopic (exact) mass is 198 g/mol. The van der Waals surface area contributed by atoms with Gasteiger partial charge < -0.3 is 9.84 Å². The molecule has 0 bridgehead atoms. The van der Waals surface area contributed by atoms with E-state index in [-0.39, 0.29) is 17.5 Å². The van der Waals surface area contributed by atoms with E-state index in [9.17, 15) is 9.59 Å². The van der Waals surface area contributed by atoms with E-state index in [0.717, 1.165) is 0 Å². The van der Waals surface area contributed by atoms with Gasteiger partial charge in [-0.25, -0.2) is 0 Å². The molecule has 4 nitrogen and oxygen atoms in total. The van der Waals surface area contributed by atoms with Crippen LogP contribution in [0.15, 0.2) is 0 Å². The Morgan fingerprint density at radius 3 is 1.73 bits per heavy atom. The fourth-order valence-corrected chi connectivity index (χ4v) is 0.194. The Balaban J connectivity index is 0. The number of carboxylic acids is 1. The lowest BCUT2D eigenvalue weighted by atomic mass is 10.8. The highest BCUT2D eigenvalue weighted by Crippen LogP contribution is 1.74. The standard InChI is InChI=1S/C3H6O2S.C2H4O2S/c1-5-3(4)2-6;3-2(4)1-5/h6H,2H2,1H3;5H,1H2,(H,3,4). The van der Waals surface area contributed by atoms with E-state index in [2.05, 4.69) is 30.0 Å². The predicted molar refractivity (Wildman–Crippen MR) is 47.4 cm³/mol. The second kappa shape index (κ2) is 9.64. The lowest BCUT2D eigenvalue weighted by Gasteiger charge is -1.86. The lowest BCUT2D eigenvalue weighted by molar-refractivity contribution is -0.137. The fourth-order valence-electron chi connectivity index (χ4n) is 0.0645. The first kappa shape index (κ1) is 13.2. The zero-order valence-electron chi connectivity index (χ0n) is 5.98. The quantitative estimate of drug-likeness (QED) is 0.434. The average molecular weight is 198 g/mol. The smallest absolute Gasteiger partial charge is 0.315 e. The molecule has 0 aliphatic heterocycles. The normalized spacial score (nSPS) is 7.55. The van der Waals surface area contributed by atoms with Crippen molar-refractivity contribution < 1.29 is 19.4 Å². The van der Waals surface area contributed by atoms with E-state index in [1.807, 2.05) is 0 Å². The largest absolute Gasteiger partial charge is 0.481 e. The van der Waals surface area contributed by atoms with Crippen LogP contribution in [0.1, 0.15) is 0 Å². The van der Waals surface area contributed by atoms with Gasteiger partial charge >= 0.3 is 11.9 Å². The third-order valence-electron chi connectivity index (χ3n) is 0.492. The topological polar surface area (TPSA) is 63.6 Å². The van der Waals surface area contributed by atoms with Gasteiger partial charge in [0.15, 0.2) is 0 Å². The van der Waals surface area contributed by atoms with Gasteiger partial charge in [-0.1, -0.05) is 0 Å². The maximum absolute atomic E-state index is 9.88. The van der Waals surface area contributed by atoms with Crippen LogP contribution in [0.3, 0.4) is 0 Å². The molecule has 0 aliphatic rings. The van der Waals surface area contributed by atoms with Gasteiger partial charge in [0.05, 0.1) is 18.6 Å². The highest BCUT2D eigenvalue weighted by molar-refractivity contribution is 7.81. The first-order valence-electron chi connectivity index (χ1n) is 2.58. The van der Waals surface area contributed by atoms with Crippen molar-refractivity contribution in [2.45, 2.75) is 0 Å². The van der Waals surface area contributed by atoms with Crippen molar-refractivity contribution in [3.05, 3.63) is 0 Å². The number of carbonyl (C=O) groups is 2. The number of methoxy groups -OCH3 is 1. The van der Waals surface area contributed by atoms with Crippen LogP contribution in [0, 0.1) is 0 Å². The van der Waals surface area contributed by atoms with Gasteiger partial charge in [-0.3, -0.25) is 9.59 Å². The molecule has 6 heteroatoms. The molecule has 66 valence electrons. The van der Waals surface area contributed by atoms with Gasteiger partial charge in [0.2, 0.25) is 0 Å². The molecule has 0 spiro atoms. The van der Waals surface area contributed by atoms with Gasteiger partial charge in [0, 0.05) is 0 Å². The van der Waals surface area contributed by atoms with E-state index in [1.54, 1.807) is 0 Å². The van der Waals surface area contributed by atoms with Gasteiger partial charge in [-0.05, 0) is 0 Å². The number of ether oxygens (including phenoxy) is 1. The van der Waals surface area contributed by atoms with Crippen molar-refractivity contribution in [3.63, 3.8) is 0 Å². The molecule has 0 unspecified atom stereocenters. The first-order valence-corrected chi connectivity index (χ1v) is 3.85. The Morgan fingerprint density at radius 1 is 1.36 bits per heavy atom. The molecule has 0 aromatic carbocycles. The molecular weight excluding hydrogens is 188 g/mol. The molecule has 0 aromatic heterocycles. The molecule has 0 aliphatic carbocycles. The Bertz CT molecular complexity index is 120. The number of carbonyl (C=O) groups excluding carboxylic acids is 1. The third kappa shape index (κ3) is 17.7. The van der Waals surface area contributed by atoms with Crippen LogP contribution >= 0.6 is 25.3 Å². The number of aliphatic carboxylic acids is 1. The number of carboxylic acid groups (broad SMARTS) is 1. The average Bonchev–Trinajstić information content (AvgIpc) is 2.04. The summed E-state index contributed by atoms with van der Waals surface area (Å²) in [6.07, 6.45) is 0. The number of hydrogen-bond acceptors (Lipinski definition) is 5. The molecular formula is C5H10O4S2. The van der Waals surface area contributed by atoms with Crippen molar-refractivity contribution in [1.29, 1.82) is 0 Å². The summed E-state index contributed by atoms with van der Waals surface area (Å²) in [6.45, 7) is 0.